The summed E-state index contributed by atoms with van der Waals surface area (Å²) in [6, 6.07) is -3.35. The van der Waals surface area contributed by atoms with Crippen LogP contribution in [0.15, 0.2) is 29.8 Å². The minimum absolute atomic E-state index is 0.0125. The maximum atomic E-state index is 14.6. The Morgan fingerprint density at radius 1 is 1.01 bits per heavy atom. The Kier molecular flexibility index (Phi) is 21.5. The summed E-state index contributed by atoms with van der Waals surface area (Å²) in [5.41, 5.74) is -3.43. The van der Waals surface area contributed by atoms with E-state index in [1.807, 2.05) is 19.2 Å². The second-order valence-electron chi connectivity index (χ2n) is 17.3. The van der Waals surface area contributed by atoms with Crippen molar-refractivity contribution < 1.29 is 56.6 Å². The van der Waals surface area contributed by atoms with Gasteiger partial charge in [-0.1, -0.05) is 44.0 Å². The van der Waals surface area contributed by atoms with Gasteiger partial charge in [-0.3, -0.25) is 38.4 Å². The molecule has 3 rings (SSSR count). The van der Waals surface area contributed by atoms with E-state index in [-0.39, 0.29) is 80.9 Å². The number of alkyl halides is 3. The molecular weight excluding hydrogens is 959 g/mol. The molecule has 2 aromatic rings. The summed E-state index contributed by atoms with van der Waals surface area (Å²) < 4.78 is 40.5. The summed E-state index contributed by atoms with van der Waals surface area (Å²) in [7, 11) is 4.21. The molecule has 7 atom stereocenters. The van der Waals surface area contributed by atoms with E-state index >= 15 is 0 Å². The van der Waals surface area contributed by atoms with Crippen molar-refractivity contribution in [2.75, 3.05) is 34.2 Å². The van der Waals surface area contributed by atoms with Crippen LogP contribution in [-0.4, -0.2) is 154 Å². The van der Waals surface area contributed by atoms with Crippen LogP contribution in [0.5, 0.6) is 0 Å². The summed E-state index contributed by atoms with van der Waals surface area (Å²) in [5, 5.41) is 24.9. The number of aromatic nitrogens is 1. The van der Waals surface area contributed by atoms with Gasteiger partial charge in [0, 0.05) is 62.3 Å². The molecule has 8 amide bonds. The van der Waals surface area contributed by atoms with Gasteiger partial charge in [0.05, 0.1) is 0 Å². The first kappa shape index (κ1) is 57.3. The van der Waals surface area contributed by atoms with Crippen molar-refractivity contribution in [2.45, 2.75) is 134 Å². The monoisotopic (exact) mass is 1020 g/mol. The average molecular weight is 1020 g/mol. The van der Waals surface area contributed by atoms with Gasteiger partial charge >= 0.3 is 6.18 Å². The minimum atomic E-state index is -5.39. The molecule has 1 aliphatic rings. The molecule has 0 radical (unpaired) electrons. The number of benzene rings is 1. The van der Waals surface area contributed by atoms with Gasteiger partial charge in [0.2, 0.25) is 41.0 Å². The summed E-state index contributed by atoms with van der Waals surface area (Å²) in [5.74, 6) is -7.09. The van der Waals surface area contributed by atoms with Crippen molar-refractivity contribution in [3.05, 3.63) is 50.4 Å². The molecule has 0 aliphatic carbocycles. The van der Waals surface area contributed by atoms with E-state index in [9.17, 15) is 56.6 Å². The summed E-state index contributed by atoms with van der Waals surface area (Å²) in [4.78, 5) is 118. The van der Waals surface area contributed by atoms with Gasteiger partial charge in [0.1, 0.15) is 36.3 Å². The van der Waals surface area contributed by atoms with Crippen molar-refractivity contribution in [1.82, 2.24) is 46.3 Å². The molecule has 1 saturated heterocycles. The molecule has 24 heteroatoms. The zero-order valence-electron chi connectivity index (χ0n) is 39.3. The maximum Gasteiger partial charge on any atom is 0.426 e. The average Bonchev–Trinajstić information content (AvgIpc) is 3.82. The van der Waals surface area contributed by atoms with Crippen molar-refractivity contribution >= 4 is 81.8 Å². The third kappa shape index (κ3) is 15.7. The van der Waals surface area contributed by atoms with Crippen LogP contribution >= 0.6 is 34.5 Å². The number of carbonyl (C=O) groups excluding carboxylic acids is 8. The molecule has 0 unspecified atom stereocenters. The van der Waals surface area contributed by atoms with Crippen LogP contribution in [0.2, 0.25) is 10.0 Å². The van der Waals surface area contributed by atoms with Crippen LogP contribution in [0.25, 0.3) is 0 Å². The molecule has 1 aromatic carbocycles. The molecule has 1 aromatic heterocycles. The number of rotatable bonds is 16. The number of thiazole rings is 1. The van der Waals surface area contributed by atoms with Crippen LogP contribution in [0.1, 0.15) is 94.9 Å². The van der Waals surface area contributed by atoms with Crippen LogP contribution in [0.4, 0.5) is 13.2 Å². The van der Waals surface area contributed by atoms with Crippen molar-refractivity contribution in [1.29, 1.82) is 0 Å². The lowest BCUT2D eigenvalue weighted by molar-refractivity contribution is -0.245. The van der Waals surface area contributed by atoms with E-state index in [1.165, 1.54) is 52.2 Å². The zero-order valence-corrected chi connectivity index (χ0v) is 41.6. The smallest absolute Gasteiger partial charge is 0.373 e. The van der Waals surface area contributed by atoms with Crippen LogP contribution in [0.3, 0.4) is 0 Å². The molecule has 0 saturated carbocycles. The first-order chi connectivity index (χ1) is 31.7. The number of hydrogen-bond acceptors (Lipinski definition) is 11. The number of hydrogen-bond donors (Lipinski definition) is 6. The van der Waals surface area contributed by atoms with Crippen LogP contribution < -0.4 is 26.6 Å². The Morgan fingerprint density at radius 3 is 2.29 bits per heavy atom. The van der Waals surface area contributed by atoms with Gasteiger partial charge in [-0.15, -0.1) is 11.3 Å². The SMILES string of the molecule is CC[C@H](NC(=O)[C@@](C)(O)C(F)(F)F)C(=O)N[C@@H](CCCNC(=O)c1nccs1)C(=O)N(C)[C@H]1CCCCN(C)C(=O)[C@@H](C)NC(=O)[C@H](Cc2cc(Cl)ccc2Cl)N(C)C(=O)[C@H](CC(C)C)NC1=O. The first-order valence-electron chi connectivity index (χ1n) is 22.1. The van der Waals surface area contributed by atoms with Crippen LogP contribution in [0, 0.1) is 5.92 Å². The van der Waals surface area contributed by atoms with E-state index < -0.39 is 95.3 Å². The molecular formula is C44H62Cl2F3N9O9S. The Balaban J connectivity index is 2.04. The summed E-state index contributed by atoms with van der Waals surface area (Å²) in [6.45, 7) is 6.91. The molecule has 6 N–H and O–H groups in total. The number of likely N-dealkylation sites (N-methyl/N-ethyl adjacent to an activating group) is 3. The minimum Gasteiger partial charge on any atom is -0.373 e. The lowest BCUT2D eigenvalue weighted by Gasteiger charge is -2.35. The number of nitrogens with zero attached hydrogens (tertiary/aromatic N) is 4. The highest BCUT2D eigenvalue weighted by molar-refractivity contribution is 7.11. The fourth-order valence-electron chi connectivity index (χ4n) is 7.30. The van der Waals surface area contributed by atoms with Gasteiger partial charge in [-0.05, 0) is 88.5 Å². The lowest BCUT2D eigenvalue weighted by atomic mass is 9.98. The molecule has 18 nitrogen and oxygen atoms in total. The second-order valence-corrected chi connectivity index (χ2v) is 19.1. The van der Waals surface area contributed by atoms with E-state index in [2.05, 4.69) is 26.3 Å². The molecule has 2 heterocycles. The number of amides is 8. The number of aliphatic hydroxyl groups is 1. The van der Waals surface area contributed by atoms with E-state index in [0.29, 0.717) is 17.0 Å². The molecule has 1 fully saturated rings. The van der Waals surface area contributed by atoms with Gasteiger partial charge in [-0.2, -0.15) is 13.2 Å². The van der Waals surface area contributed by atoms with Crippen molar-refractivity contribution in [3.8, 4) is 0 Å². The highest BCUT2D eigenvalue weighted by atomic mass is 35.5. The maximum absolute atomic E-state index is 14.6. The second kappa shape index (κ2) is 25.5. The van der Waals surface area contributed by atoms with Crippen molar-refractivity contribution in [3.63, 3.8) is 0 Å². The molecule has 0 spiro atoms. The normalized spacial score (nSPS) is 21.0. The van der Waals surface area contributed by atoms with Crippen LogP contribution in [-0.2, 0) is 40.0 Å². The lowest BCUT2D eigenvalue weighted by Crippen LogP contribution is -2.61. The third-order valence-corrected chi connectivity index (χ3v) is 12.9. The van der Waals surface area contributed by atoms with E-state index in [4.69, 9.17) is 23.2 Å². The Labute approximate surface area is 407 Å². The highest BCUT2D eigenvalue weighted by Gasteiger charge is 2.56. The standard InChI is InChI=1S/C44H62Cl2F3N9O9S/c1-9-29(55-42(66)43(5,67)44(47,48)49)34(59)53-30(13-12-17-50-37(62)38-51-18-20-68-38)40(64)57(7)32-14-10-11-19-56(6)39(63)25(4)52-36(61)33(23-26-22-27(45)15-16-28(26)46)58(8)41(65)31(21-24(2)3)54-35(32)60/h15-16,18,20,22,24-25,29-33,67H,9-14,17,19,21,23H2,1-8H3,(H,50,62)(H,52,61)(H,53,59)(H,54,60)(H,55,66)/t25-,29+,30+,31+,32+,33+,43-/m1/s1. The fourth-order valence-corrected chi connectivity index (χ4v) is 8.24. The predicted octanol–water partition coefficient (Wildman–Crippen LogP) is 3.23. The topological polar surface area (TPSA) is 240 Å². The number of halogens is 5. The molecule has 0 bridgehead atoms. The predicted molar refractivity (Wildman–Crippen MR) is 248 cm³/mol. The van der Waals surface area contributed by atoms with Gasteiger partial charge < -0.3 is 46.4 Å². The zero-order chi connectivity index (χ0) is 51.3. The third-order valence-electron chi connectivity index (χ3n) is 11.5. The van der Waals surface area contributed by atoms with Crippen molar-refractivity contribution in [2.24, 2.45) is 5.92 Å². The van der Waals surface area contributed by atoms with Gasteiger partial charge in [0.15, 0.2) is 5.01 Å². The summed E-state index contributed by atoms with van der Waals surface area (Å²) in [6.07, 6.45) is -3.83. The number of nitrogens with one attached hydrogen (secondary N) is 5. The molecule has 68 heavy (non-hydrogen) atoms. The Hall–Kier alpha value is -5.06. The highest BCUT2D eigenvalue weighted by Crippen LogP contribution is 2.30. The fraction of sp³-hybridized carbons (Fsp3) is 0.614. The van der Waals surface area contributed by atoms with Gasteiger partial charge in [-0.25, -0.2) is 4.98 Å². The van der Waals surface area contributed by atoms with E-state index in [1.54, 1.807) is 17.5 Å². The molecule has 1 aliphatic heterocycles. The Morgan fingerprint density at radius 2 is 1.69 bits per heavy atom. The summed E-state index contributed by atoms with van der Waals surface area (Å²) >= 11 is 13.9. The Bertz CT molecular complexity index is 2120. The quantitative estimate of drug-likeness (QED) is 0.134. The van der Waals surface area contributed by atoms with Gasteiger partial charge in [0.25, 0.3) is 11.8 Å². The number of carbonyl (C=O) groups is 8. The molecule has 378 valence electrons. The largest absolute Gasteiger partial charge is 0.426 e. The van der Waals surface area contributed by atoms with E-state index in [0.717, 1.165) is 21.1 Å². The first-order valence-corrected chi connectivity index (χ1v) is 23.8.